The molecule has 0 radical (unpaired) electrons. The highest BCUT2D eigenvalue weighted by molar-refractivity contribution is 5.92. The Hall–Kier alpha value is -2.11. The van der Waals surface area contributed by atoms with Crippen molar-refractivity contribution in [3.63, 3.8) is 0 Å². The average Bonchev–Trinajstić information content (AvgIpc) is 3.09. The third kappa shape index (κ3) is 2.84. The molecule has 6 heteroatoms. The smallest absolute Gasteiger partial charge is 0.272 e. The summed E-state index contributed by atoms with van der Waals surface area (Å²) in [5, 5.41) is 4.52. The Morgan fingerprint density at radius 1 is 1.43 bits per heavy atom. The van der Waals surface area contributed by atoms with Crippen LogP contribution in [0.4, 0.5) is 0 Å². The summed E-state index contributed by atoms with van der Waals surface area (Å²) in [6.45, 7) is 5.63. The van der Waals surface area contributed by atoms with E-state index in [0.29, 0.717) is 5.69 Å². The molecule has 21 heavy (non-hydrogen) atoms. The predicted octanol–water partition coefficient (Wildman–Crippen LogP) is 1.92. The van der Waals surface area contributed by atoms with Crippen LogP contribution in [-0.4, -0.2) is 43.1 Å². The number of aromatic nitrogens is 4. The molecule has 3 heterocycles. The van der Waals surface area contributed by atoms with E-state index in [2.05, 4.69) is 28.1 Å². The van der Waals surface area contributed by atoms with E-state index in [-0.39, 0.29) is 11.9 Å². The van der Waals surface area contributed by atoms with E-state index in [1.807, 2.05) is 16.5 Å². The van der Waals surface area contributed by atoms with Crippen LogP contribution in [-0.2, 0) is 6.54 Å². The summed E-state index contributed by atoms with van der Waals surface area (Å²) in [6.07, 6.45) is 6.40. The molecule has 6 nitrogen and oxygen atoms in total. The van der Waals surface area contributed by atoms with Crippen molar-refractivity contribution in [3.05, 3.63) is 35.7 Å². The van der Waals surface area contributed by atoms with Crippen molar-refractivity contribution >= 4 is 5.91 Å². The number of amides is 1. The number of carbonyl (C=O) groups is 1. The van der Waals surface area contributed by atoms with Crippen LogP contribution in [0.25, 0.3) is 0 Å². The first kappa shape index (κ1) is 13.9. The maximum atomic E-state index is 12.6. The summed E-state index contributed by atoms with van der Waals surface area (Å²) in [6, 6.07) is 2.27. The lowest BCUT2D eigenvalue weighted by molar-refractivity contribution is 0.0577. The maximum absolute atomic E-state index is 12.6. The van der Waals surface area contributed by atoms with Crippen LogP contribution in [0, 0.1) is 13.8 Å². The Balaban J connectivity index is 1.78. The monoisotopic (exact) mass is 287 g/mol. The van der Waals surface area contributed by atoms with Crippen LogP contribution >= 0.6 is 0 Å². The number of hydrogen-bond donors (Lipinski definition) is 1. The highest BCUT2D eigenvalue weighted by atomic mass is 16.2. The van der Waals surface area contributed by atoms with Gasteiger partial charge in [-0.1, -0.05) is 0 Å². The van der Waals surface area contributed by atoms with E-state index in [1.54, 1.807) is 12.5 Å². The maximum Gasteiger partial charge on any atom is 0.272 e. The number of likely N-dealkylation sites (tertiary alicyclic amines) is 1. The largest absolute Gasteiger partial charge is 0.341 e. The summed E-state index contributed by atoms with van der Waals surface area (Å²) in [5.41, 5.74) is 2.73. The van der Waals surface area contributed by atoms with Gasteiger partial charge in [0.05, 0.1) is 30.8 Å². The summed E-state index contributed by atoms with van der Waals surface area (Å²) >= 11 is 0. The van der Waals surface area contributed by atoms with E-state index in [4.69, 9.17) is 0 Å². The van der Waals surface area contributed by atoms with Crippen LogP contribution < -0.4 is 0 Å². The lowest BCUT2D eigenvalue weighted by Gasteiger charge is -2.35. The van der Waals surface area contributed by atoms with Gasteiger partial charge < -0.3 is 9.88 Å². The summed E-state index contributed by atoms with van der Waals surface area (Å²) in [7, 11) is 0. The zero-order valence-electron chi connectivity index (χ0n) is 12.5. The first-order valence-electron chi connectivity index (χ1n) is 7.45. The summed E-state index contributed by atoms with van der Waals surface area (Å²) in [5.74, 6) is 0.0405. The third-order valence-corrected chi connectivity index (χ3v) is 4.10. The standard InChI is InChI=1S/C15H21N5O/c1-11-7-12(2)20(18-11)9-13-5-3-4-6-19(13)15(21)14-8-16-10-17-14/h7-8,10,13H,3-6,9H2,1-2H3,(H,16,17)/t13-/m1/s1. The number of H-pyrrole nitrogens is 1. The Bertz CT molecular complexity index is 616. The van der Waals surface area contributed by atoms with Crippen LogP contribution in [0.5, 0.6) is 0 Å². The zero-order valence-corrected chi connectivity index (χ0v) is 12.5. The van der Waals surface area contributed by atoms with Gasteiger partial charge in [0.15, 0.2) is 0 Å². The molecule has 0 aliphatic carbocycles. The minimum atomic E-state index is 0.0405. The van der Waals surface area contributed by atoms with Gasteiger partial charge in [-0.15, -0.1) is 0 Å². The molecular formula is C15H21N5O. The number of hydrogen-bond acceptors (Lipinski definition) is 3. The van der Waals surface area contributed by atoms with E-state index in [0.717, 1.165) is 43.7 Å². The molecule has 3 rings (SSSR count). The second-order valence-electron chi connectivity index (χ2n) is 5.72. The van der Waals surface area contributed by atoms with Gasteiger partial charge in [0.2, 0.25) is 0 Å². The molecule has 1 atom stereocenters. The molecule has 0 unspecified atom stereocenters. The second-order valence-corrected chi connectivity index (χ2v) is 5.72. The molecule has 1 saturated heterocycles. The molecule has 0 saturated carbocycles. The lowest BCUT2D eigenvalue weighted by Crippen LogP contribution is -2.46. The molecule has 2 aromatic heterocycles. The van der Waals surface area contributed by atoms with Crippen LogP contribution in [0.3, 0.4) is 0 Å². The van der Waals surface area contributed by atoms with E-state index >= 15 is 0 Å². The van der Waals surface area contributed by atoms with Crippen molar-refractivity contribution in [2.75, 3.05) is 6.54 Å². The number of aromatic amines is 1. The Morgan fingerprint density at radius 2 is 2.29 bits per heavy atom. The number of rotatable bonds is 3. The van der Waals surface area contributed by atoms with Gasteiger partial charge in [0, 0.05) is 12.2 Å². The minimum absolute atomic E-state index is 0.0405. The highest BCUT2D eigenvalue weighted by Gasteiger charge is 2.28. The molecule has 1 N–H and O–H groups in total. The molecule has 1 amide bonds. The zero-order chi connectivity index (χ0) is 14.8. The van der Waals surface area contributed by atoms with E-state index in [9.17, 15) is 4.79 Å². The van der Waals surface area contributed by atoms with Gasteiger partial charge in [0.1, 0.15) is 5.69 Å². The molecular weight excluding hydrogens is 266 g/mol. The number of nitrogens with zero attached hydrogens (tertiary/aromatic N) is 4. The third-order valence-electron chi connectivity index (χ3n) is 4.10. The number of carbonyl (C=O) groups excluding carboxylic acids is 1. The lowest BCUT2D eigenvalue weighted by atomic mass is 10.0. The molecule has 1 aliphatic rings. The van der Waals surface area contributed by atoms with Crippen molar-refractivity contribution in [1.82, 2.24) is 24.6 Å². The first-order valence-corrected chi connectivity index (χ1v) is 7.45. The minimum Gasteiger partial charge on any atom is -0.341 e. The number of imidazole rings is 1. The molecule has 112 valence electrons. The molecule has 0 aromatic carbocycles. The van der Waals surface area contributed by atoms with Gasteiger partial charge in [-0.2, -0.15) is 5.10 Å². The number of aryl methyl sites for hydroxylation is 2. The molecule has 0 bridgehead atoms. The van der Waals surface area contributed by atoms with Gasteiger partial charge in [0.25, 0.3) is 5.91 Å². The fourth-order valence-electron chi connectivity index (χ4n) is 3.04. The average molecular weight is 287 g/mol. The van der Waals surface area contributed by atoms with Gasteiger partial charge in [-0.05, 0) is 39.2 Å². The quantitative estimate of drug-likeness (QED) is 0.938. The van der Waals surface area contributed by atoms with E-state index in [1.165, 1.54) is 0 Å². The summed E-state index contributed by atoms with van der Waals surface area (Å²) < 4.78 is 2.01. The van der Waals surface area contributed by atoms with Crippen LogP contribution in [0.1, 0.15) is 41.1 Å². The van der Waals surface area contributed by atoms with E-state index < -0.39 is 0 Å². The SMILES string of the molecule is Cc1cc(C)n(C[C@H]2CCCCN2C(=O)c2cnc[nH]2)n1. The van der Waals surface area contributed by atoms with Gasteiger partial charge in [-0.3, -0.25) is 9.48 Å². The highest BCUT2D eigenvalue weighted by Crippen LogP contribution is 2.21. The molecule has 2 aromatic rings. The Morgan fingerprint density at radius 3 is 2.95 bits per heavy atom. The molecule has 1 fully saturated rings. The predicted molar refractivity (Wildman–Crippen MR) is 79.0 cm³/mol. The fourth-order valence-corrected chi connectivity index (χ4v) is 3.04. The number of nitrogens with one attached hydrogen (secondary N) is 1. The Labute approximate surface area is 124 Å². The van der Waals surface area contributed by atoms with Crippen molar-refractivity contribution in [3.8, 4) is 0 Å². The van der Waals surface area contributed by atoms with Gasteiger partial charge >= 0.3 is 0 Å². The van der Waals surface area contributed by atoms with Crippen molar-refractivity contribution < 1.29 is 4.79 Å². The van der Waals surface area contributed by atoms with Crippen molar-refractivity contribution in [2.45, 2.75) is 45.7 Å². The van der Waals surface area contributed by atoms with Crippen molar-refractivity contribution in [1.29, 1.82) is 0 Å². The van der Waals surface area contributed by atoms with Crippen molar-refractivity contribution in [2.24, 2.45) is 0 Å². The second kappa shape index (κ2) is 5.71. The summed E-state index contributed by atoms with van der Waals surface area (Å²) in [4.78, 5) is 21.4. The molecule has 0 spiro atoms. The van der Waals surface area contributed by atoms with Gasteiger partial charge in [-0.25, -0.2) is 4.98 Å². The first-order chi connectivity index (χ1) is 10.1. The van der Waals surface area contributed by atoms with Crippen LogP contribution in [0.2, 0.25) is 0 Å². The normalized spacial score (nSPS) is 19.0. The fraction of sp³-hybridized carbons (Fsp3) is 0.533. The molecule has 1 aliphatic heterocycles. The number of piperidine rings is 1. The topological polar surface area (TPSA) is 66.8 Å². The van der Waals surface area contributed by atoms with Crippen LogP contribution in [0.15, 0.2) is 18.6 Å². The Kier molecular flexibility index (Phi) is 3.77.